The minimum absolute atomic E-state index is 0.111. The summed E-state index contributed by atoms with van der Waals surface area (Å²) in [4.78, 5) is 17.3. The van der Waals surface area contributed by atoms with Crippen molar-refractivity contribution in [3.05, 3.63) is 44.8 Å². The summed E-state index contributed by atoms with van der Waals surface area (Å²) in [6.45, 7) is 1.42. The lowest BCUT2D eigenvalue weighted by molar-refractivity contribution is -0.136. The summed E-state index contributed by atoms with van der Waals surface area (Å²) in [6, 6.07) is 8.47. The Morgan fingerprint density at radius 3 is 2.19 bits per heavy atom. The van der Waals surface area contributed by atoms with E-state index in [0.29, 0.717) is 13.1 Å². The van der Waals surface area contributed by atoms with Gasteiger partial charge in [0.1, 0.15) is 0 Å². The van der Waals surface area contributed by atoms with Crippen LogP contribution in [-0.2, 0) is 17.9 Å². The van der Waals surface area contributed by atoms with E-state index in [9.17, 15) is 4.79 Å². The Bertz CT molecular complexity index is 529. The maximum Gasteiger partial charge on any atom is 0.226 e. The highest BCUT2D eigenvalue weighted by molar-refractivity contribution is 7.10. The van der Waals surface area contributed by atoms with Crippen LogP contribution in [0.15, 0.2) is 35.0 Å². The van der Waals surface area contributed by atoms with Gasteiger partial charge in [0, 0.05) is 21.7 Å². The predicted molar refractivity (Wildman–Crippen MR) is 88.2 cm³/mol. The highest BCUT2D eigenvalue weighted by atomic mass is 32.1. The number of hydrogen-bond donors (Lipinski definition) is 1. The molecule has 1 aliphatic rings. The first-order valence-electron chi connectivity index (χ1n) is 7.31. The zero-order chi connectivity index (χ0) is 14.7. The Kier molecular flexibility index (Phi) is 4.73. The van der Waals surface area contributed by atoms with Crippen LogP contribution in [-0.4, -0.2) is 16.8 Å². The van der Waals surface area contributed by atoms with E-state index in [1.54, 1.807) is 22.7 Å². The molecular formula is C16H20N2OS2. The third-order valence-electron chi connectivity index (χ3n) is 3.99. The molecule has 2 aromatic rings. The van der Waals surface area contributed by atoms with Crippen molar-refractivity contribution >= 4 is 28.6 Å². The molecule has 0 unspecified atom stereocenters. The van der Waals surface area contributed by atoms with Gasteiger partial charge >= 0.3 is 0 Å². The average Bonchev–Trinajstić information content (AvgIpc) is 3.19. The van der Waals surface area contributed by atoms with Gasteiger partial charge < -0.3 is 10.6 Å². The molecule has 0 spiro atoms. The number of carbonyl (C=O) groups excluding carboxylic acids is 1. The van der Waals surface area contributed by atoms with Crippen molar-refractivity contribution in [2.24, 2.45) is 11.7 Å². The van der Waals surface area contributed by atoms with Crippen LogP contribution < -0.4 is 5.73 Å². The van der Waals surface area contributed by atoms with Crippen molar-refractivity contribution in [2.75, 3.05) is 0 Å². The van der Waals surface area contributed by atoms with Gasteiger partial charge in [0.25, 0.3) is 0 Å². The third kappa shape index (κ3) is 3.73. The van der Waals surface area contributed by atoms with Crippen molar-refractivity contribution in [3.63, 3.8) is 0 Å². The summed E-state index contributed by atoms with van der Waals surface area (Å²) in [6.07, 6.45) is 2.75. The van der Waals surface area contributed by atoms with E-state index in [4.69, 9.17) is 5.73 Å². The SMILES string of the molecule is N[C@@H]1CC[C@@H](C(=O)N(Cc2cccs2)Cc2cccs2)C1. The summed E-state index contributed by atoms with van der Waals surface area (Å²) in [5.74, 6) is 0.379. The van der Waals surface area contributed by atoms with Crippen molar-refractivity contribution in [1.29, 1.82) is 0 Å². The normalized spacial score (nSPS) is 21.6. The number of hydrogen-bond acceptors (Lipinski definition) is 4. The number of thiophene rings is 2. The molecule has 0 aliphatic heterocycles. The fourth-order valence-corrected chi connectivity index (χ4v) is 4.33. The van der Waals surface area contributed by atoms with E-state index >= 15 is 0 Å². The number of carbonyl (C=O) groups is 1. The third-order valence-corrected chi connectivity index (χ3v) is 5.71. The first kappa shape index (κ1) is 14.8. The van der Waals surface area contributed by atoms with Gasteiger partial charge in [0.05, 0.1) is 13.1 Å². The molecule has 3 rings (SSSR count). The van der Waals surface area contributed by atoms with Gasteiger partial charge in [-0.3, -0.25) is 4.79 Å². The molecule has 112 valence electrons. The highest BCUT2D eigenvalue weighted by Crippen LogP contribution is 2.28. The molecule has 0 aromatic carbocycles. The van der Waals surface area contributed by atoms with E-state index in [-0.39, 0.29) is 17.9 Å². The molecule has 1 amide bonds. The maximum absolute atomic E-state index is 12.8. The molecule has 0 saturated heterocycles. The van der Waals surface area contributed by atoms with Crippen molar-refractivity contribution in [2.45, 2.75) is 38.4 Å². The summed E-state index contributed by atoms with van der Waals surface area (Å²) in [7, 11) is 0. The van der Waals surface area contributed by atoms with E-state index in [2.05, 4.69) is 22.9 Å². The Labute approximate surface area is 133 Å². The van der Waals surface area contributed by atoms with Gasteiger partial charge in [0.2, 0.25) is 5.91 Å². The molecule has 0 bridgehead atoms. The van der Waals surface area contributed by atoms with Crippen LogP contribution in [0.1, 0.15) is 29.0 Å². The summed E-state index contributed by atoms with van der Waals surface area (Å²) >= 11 is 3.42. The molecule has 0 radical (unpaired) electrons. The highest BCUT2D eigenvalue weighted by Gasteiger charge is 2.31. The van der Waals surface area contributed by atoms with E-state index in [1.807, 2.05) is 17.0 Å². The van der Waals surface area contributed by atoms with Gasteiger partial charge in [-0.15, -0.1) is 22.7 Å². The van der Waals surface area contributed by atoms with Gasteiger partial charge in [0.15, 0.2) is 0 Å². The minimum Gasteiger partial charge on any atom is -0.332 e. The van der Waals surface area contributed by atoms with Crippen LogP contribution in [0, 0.1) is 5.92 Å². The Hall–Kier alpha value is -1.17. The molecule has 5 heteroatoms. The summed E-state index contributed by atoms with van der Waals surface area (Å²) in [5, 5.41) is 4.13. The molecule has 2 atom stereocenters. The predicted octanol–water partition coefficient (Wildman–Crippen LogP) is 3.47. The van der Waals surface area contributed by atoms with Crippen LogP contribution in [0.4, 0.5) is 0 Å². The Balaban J connectivity index is 1.72. The number of amides is 1. The van der Waals surface area contributed by atoms with Crippen molar-refractivity contribution < 1.29 is 4.79 Å². The van der Waals surface area contributed by atoms with E-state index in [0.717, 1.165) is 19.3 Å². The van der Waals surface area contributed by atoms with Crippen LogP contribution in [0.2, 0.25) is 0 Å². The minimum atomic E-state index is 0.111. The topological polar surface area (TPSA) is 46.3 Å². The van der Waals surface area contributed by atoms with Gasteiger partial charge in [-0.25, -0.2) is 0 Å². The lowest BCUT2D eigenvalue weighted by Gasteiger charge is -2.25. The average molecular weight is 320 g/mol. The number of nitrogens with two attached hydrogens (primary N) is 1. The monoisotopic (exact) mass is 320 g/mol. The van der Waals surface area contributed by atoms with Crippen LogP contribution >= 0.6 is 22.7 Å². The summed E-state index contributed by atoms with van der Waals surface area (Å²) < 4.78 is 0. The van der Waals surface area contributed by atoms with Gasteiger partial charge in [-0.2, -0.15) is 0 Å². The molecule has 3 nitrogen and oxygen atoms in total. The summed E-state index contributed by atoms with van der Waals surface area (Å²) in [5.41, 5.74) is 5.97. The number of rotatable bonds is 5. The molecule has 2 aromatic heterocycles. The first-order valence-corrected chi connectivity index (χ1v) is 9.07. The Morgan fingerprint density at radius 2 is 1.76 bits per heavy atom. The molecule has 2 N–H and O–H groups in total. The second kappa shape index (κ2) is 6.73. The van der Waals surface area contributed by atoms with E-state index < -0.39 is 0 Å². The van der Waals surface area contributed by atoms with Crippen LogP contribution in [0.3, 0.4) is 0 Å². The standard InChI is InChI=1S/C16H20N2OS2/c17-13-6-5-12(9-13)16(19)18(10-14-3-1-7-20-14)11-15-4-2-8-21-15/h1-4,7-8,12-13H,5-6,9-11,17H2/t12-,13-/m1/s1. The van der Waals surface area contributed by atoms with Crippen molar-refractivity contribution in [1.82, 2.24) is 4.90 Å². The molecule has 21 heavy (non-hydrogen) atoms. The molecule has 1 fully saturated rings. The molecule has 1 saturated carbocycles. The van der Waals surface area contributed by atoms with E-state index in [1.165, 1.54) is 9.75 Å². The van der Waals surface area contributed by atoms with Crippen LogP contribution in [0.5, 0.6) is 0 Å². The molecule has 2 heterocycles. The fourth-order valence-electron chi connectivity index (χ4n) is 2.89. The smallest absolute Gasteiger partial charge is 0.226 e. The lowest BCUT2D eigenvalue weighted by atomic mass is 10.1. The van der Waals surface area contributed by atoms with Gasteiger partial charge in [-0.05, 0) is 42.2 Å². The number of nitrogens with zero attached hydrogens (tertiary/aromatic N) is 1. The molecular weight excluding hydrogens is 300 g/mol. The largest absolute Gasteiger partial charge is 0.332 e. The van der Waals surface area contributed by atoms with Crippen LogP contribution in [0.25, 0.3) is 0 Å². The fraction of sp³-hybridized carbons (Fsp3) is 0.438. The van der Waals surface area contributed by atoms with Gasteiger partial charge in [-0.1, -0.05) is 12.1 Å². The zero-order valence-electron chi connectivity index (χ0n) is 11.9. The zero-order valence-corrected chi connectivity index (χ0v) is 13.5. The Morgan fingerprint density at radius 1 is 1.14 bits per heavy atom. The maximum atomic E-state index is 12.8. The lowest BCUT2D eigenvalue weighted by Crippen LogP contribution is -2.34. The first-order chi connectivity index (χ1) is 10.2. The molecule has 1 aliphatic carbocycles. The van der Waals surface area contributed by atoms with Crippen molar-refractivity contribution in [3.8, 4) is 0 Å². The quantitative estimate of drug-likeness (QED) is 0.917. The second-order valence-corrected chi connectivity index (χ2v) is 7.69. The second-order valence-electron chi connectivity index (χ2n) is 5.62.